The molecular formula is C46H30N3OP. The van der Waals surface area contributed by atoms with Crippen molar-refractivity contribution in [2.75, 3.05) is 0 Å². The average molecular weight is 672 g/mol. The Labute approximate surface area is 294 Å². The van der Waals surface area contributed by atoms with E-state index in [2.05, 4.69) is 106 Å². The first-order valence-corrected chi connectivity index (χ1v) is 18.8. The standard InChI is InChI=1S/C46H30N3OP/c50-51(36-13-3-1-4-14-36,37-15-5-2-6-16-37)38-23-24-39-40-27-33-11-7-8-12-34(33)28-41(40)46-48-43-25-22-35(29-45(43)49(46)44(39)30-38)31-18-20-32(21-19-31)42-17-9-10-26-47-42/h1-30H. The molecule has 51 heavy (non-hydrogen) atoms. The summed E-state index contributed by atoms with van der Waals surface area (Å²) in [5.74, 6) is 0. The molecule has 0 atom stereocenters. The van der Waals surface area contributed by atoms with Gasteiger partial charge < -0.3 is 4.57 Å². The van der Waals surface area contributed by atoms with Gasteiger partial charge in [0.1, 0.15) is 5.65 Å². The van der Waals surface area contributed by atoms with Gasteiger partial charge in [-0.05, 0) is 69.8 Å². The molecule has 0 fully saturated rings. The van der Waals surface area contributed by atoms with Crippen molar-refractivity contribution in [1.82, 2.24) is 14.4 Å². The minimum absolute atomic E-state index is 0.789. The highest BCUT2D eigenvalue weighted by atomic mass is 31.2. The van der Waals surface area contributed by atoms with Crippen LogP contribution in [-0.4, -0.2) is 14.4 Å². The smallest absolute Gasteiger partial charge is 0.171 e. The van der Waals surface area contributed by atoms with Gasteiger partial charge in [-0.3, -0.25) is 9.38 Å². The third-order valence-electron chi connectivity index (χ3n) is 10.1. The van der Waals surface area contributed by atoms with E-state index in [-0.39, 0.29) is 0 Å². The number of aromatic nitrogens is 3. The molecule has 5 heteroatoms. The zero-order valence-electron chi connectivity index (χ0n) is 27.5. The van der Waals surface area contributed by atoms with Crippen LogP contribution in [0.15, 0.2) is 182 Å². The second-order valence-electron chi connectivity index (χ2n) is 13.0. The first-order chi connectivity index (χ1) is 25.1. The molecule has 0 unspecified atom stereocenters. The summed E-state index contributed by atoms with van der Waals surface area (Å²) in [6, 6.07) is 60.2. The zero-order valence-corrected chi connectivity index (χ0v) is 28.4. The average Bonchev–Trinajstić information content (AvgIpc) is 3.60. The van der Waals surface area contributed by atoms with E-state index >= 15 is 4.57 Å². The number of pyridine rings is 2. The minimum Gasteiger partial charge on any atom is -0.309 e. The summed E-state index contributed by atoms with van der Waals surface area (Å²) in [4.78, 5) is 9.81. The molecule has 10 aromatic rings. The molecule has 3 aromatic heterocycles. The van der Waals surface area contributed by atoms with Crippen molar-refractivity contribution in [3.63, 3.8) is 0 Å². The molecule has 0 saturated carbocycles. The fourth-order valence-electron chi connectivity index (χ4n) is 7.55. The zero-order chi connectivity index (χ0) is 33.9. The summed E-state index contributed by atoms with van der Waals surface area (Å²) >= 11 is 0. The van der Waals surface area contributed by atoms with E-state index in [0.29, 0.717) is 0 Å². The Hall–Kier alpha value is -6.35. The topological polar surface area (TPSA) is 47.3 Å². The summed E-state index contributed by atoms with van der Waals surface area (Å²) in [6.07, 6.45) is 1.82. The van der Waals surface area contributed by atoms with Crippen LogP contribution in [0.4, 0.5) is 0 Å². The Bertz CT molecular complexity index is 2930. The third-order valence-corrected chi connectivity index (χ3v) is 13.1. The number of benzene rings is 7. The SMILES string of the molecule is O=P(c1ccccc1)(c1ccccc1)c1ccc2c3cc4ccccc4cc3c3nc4ccc(-c5ccc(-c6ccccn6)cc5)cc4n3c2c1. The lowest BCUT2D eigenvalue weighted by Crippen LogP contribution is -2.25. The minimum atomic E-state index is -3.23. The lowest BCUT2D eigenvalue weighted by Gasteiger charge is -2.21. The van der Waals surface area contributed by atoms with E-state index in [4.69, 9.17) is 4.98 Å². The fourth-order valence-corrected chi connectivity index (χ4v) is 10.2. The third kappa shape index (κ3) is 4.72. The van der Waals surface area contributed by atoms with Crippen LogP contribution in [0.25, 0.3) is 71.5 Å². The molecule has 0 spiro atoms. The van der Waals surface area contributed by atoms with Crippen molar-refractivity contribution < 1.29 is 4.57 Å². The van der Waals surface area contributed by atoms with Gasteiger partial charge in [-0.2, -0.15) is 0 Å². The molecule has 4 nitrogen and oxygen atoms in total. The first kappa shape index (κ1) is 29.6. The Morgan fingerprint density at radius 2 is 1.08 bits per heavy atom. The van der Waals surface area contributed by atoms with Crippen LogP contribution in [0, 0.1) is 0 Å². The van der Waals surface area contributed by atoms with Gasteiger partial charge in [0.05, 0.1) is 22.2 Å². The highest BCUT2D eigenvalue weighted by Gasteiger charge is 2.30. The molecule has 7 aromatic carbocycles. The van der Waals surface area contributed by atoms with E-state index in [1.54, 1.807) is 0 Å². The maximum atomic E-state index is 15.6. The van der Waals surface area contributed by atoms with Gasteiger partial charge in [0.15, 0.2) is 7.14 Å². The summed E-state index contributed by atoms with van der Waals surface area (Å²) < 4.78 is 17.9. The van der Waals surface area contributed by atoms with Crippen LogP contribution in [0.5, 0.6) is 0 Å². The fraction of sp³-hybridized carbons (Fsp3) is 0. The number of fused-ring (bicyclic) bond motifs is 9. The maximum absolute atomic E-state index is 15.6. The lowest BCUT2D eigenvalue weighted by atomic mass is 10.0. The molecule has 0 aliphatic rings. The monoisotopic (exact) mass is 671 g/mol. The molecule has 0 aliphatic heterocycles. The highest BCUT2D eigenvalue weighted by molar-refractivity contribution is 7.85. The number of hydrogen-bond donors (Lipinski definition) is 0. The molecule has 0 bridgehead atoms. The number of hydrogen-bond acceptors (Lipinski definition) is 3. The molecular weight excluding hydrogens is 642 g/mol. The quantitative estimate of drug-likeness (QED) is 0.104. The van der Waals surface area contributed by atoms with Crippen LogP contribution in [0.2, 0.25) is 0 Å². The van der Waals surface area contributed by atoms with Crippen LogP contribution < -0.4 is 15.9 Å². The normalized spacial score (nSPS) is 12.0. The van der Waals surface area contributed by atoms with E-state index in [1.165, 1.54) is 10.8 Å². The van der Waals surface area contributed by atoms with Gasteiger partial charge in [0.2, 0.25) is 0 Å². The van der Waals surface area contributed by atoms with Gasteiger partial charge in [-0.15, -0.1) is 0 Å². The Morgan fingerprint density at radius 3 is 1.76 bits per heavy atom. The van der Waals surface area contributed by atoms with Gasteiger partial charge in [-0.25, -0.2) is 4.98 Å². The van der Waals surface area contributed by atoms with Crippen LogP contribution in [0.3, 0.4) is 0 Å². The van der Waals surface area contributed by atoms with Crippen molar-refractivity contribution in [3.8, 4) is 22.4 Å². The number of nitrogens with zero attached hydrogens (tertiary/aromatic N) is 3. The van der Waals surface area contributed by atoms with Crippen molar-refractivity contribution in [2.45, 2.75) is 0 Å². The number of imidazole rings is 1. The molecule has 0 aliphatic carbocycles. The molecule has 0 amide bonds. The Kier molecular flexibility index (Phi) is 6.74. The van der Waals surface area contributed by atoms with E-state index in [1.807, 2.05) is 85.1 Å². The highest BCUT2D eigenvalue weighted by Crippen LogP contribution is 2.44. The second-order valence-corrected chi connectivity index (χ2v) is 15.8. The Balaban J connectivity index is 1.27. The van der Waals surface area contributed by atoms with Crippen LogP contribution >= 0.6 is 7.14 Å². The lowest BCUT2D eigenvalue weighted by molar-refractivity contribution is 0.592. The van der Waals surface area contributed by atoms with Gasteiger partial charge in [0.25, 0.3) is 0 Å². The molecule has 3 heterocycles. The van der Waals surface area contributed by atoms with Gasteiger partial charge in [0, 0.05) is 38.4 Å². The van der Waals surface area contributed by atoms with Gasteiger partial charge >= 0.3 is 0 Å². The molecule has 0 radical (unpaired) electrons. The van der Waals surface area contributed by atoms with E-state index in [9.17, 15) is 0 Å². The predicted molar refractivity (Wildman–Crippen MR) is 213 cm³/mol. The second kappa shape index (κ2) is 11.6. The summed E-state index contributed by atoms with van der Waals surface area (Å²) in [5, 5.41) is 8.04. The summed E-state index contributed by atoms with van der Waals surface area (Å²) in [6.45, 7) is 0. The Morgan fingerprint density at radius 1 is 0.451 bits per heavy atom. The summed E-state index contributed by atoms with van der Waals surface area (Å²) in [5.41, 5.74) is 8.00. The molecule has 240 valence electrons. The van der Waals surface area contributed by atoms with Crippen molar-refractivity contribution >= 4 is 72.2 Å². The van der Waals surface area contributed by atoms with Crippen molar-refractivity contribution in [3.05, 3.63) is 182 Å². The first-order valence-electron chi connectivity index (χ1n) is 17.1. The molecule has 0 N–H and O–H groups in total. The van der Waals surface area contributed by atoms with Gasteiger partial charge in [-0.1, -0.05) is 133 Å². The van der Waals surface area contributed by atoms with Crippen LogP contribution in [-0.2, 0) is 4.57 Å². The van der Waals surface area contributed by atoms with E-state index < -0.39 is 7.14 Å². The van der Waals surface area contributed by atoms with Crippen molar-refractivity contribution in [2.24, 2.45) is 0 Å². The molecule has 10 rings (SSSR count). The molecule has 0 saturated heterocycles. The van der Waals surface area contributed by atoms with E-state index in [0.717, 1.165) is 76.7 Å². The largest absolute Gasteiger partial charge is 0.309 e. The predicted octanol–water partition coefficient (Wildman–Crippen LogP) is 10.3. The van der Waals surface area contributed by atoms with Crippen molar-refractivity contribution in [1.29, 1.82) is 0 Å². The van der Waals surface area contributed by atoms with Crippen LogP contribution in [0.1, 0.15) is 0 Å². The maximum Gasteiger partial charge on any atom is 0.171 e. The summed E-state index contributed by atoms with van der Waals surface area (Å²) in [7, 11) is -3.23. The number of rotatable bonds is 5.